The molecule has 8 nitrogen and oxygen atoms in total. The minimum absolute atomic E-state index is 0.0672. The van der Waals surface area contributed by atoms with Crippen LogP contribution in [0, 0.1) is 29.1 Å². The number of amides is 2. The summed E-state index contributed by atoms with van der Waals surface area (Å²) >= 11 is 0. The van der Waals surface area contributed by atoms with Gasteiger partial charge in [0, 0.05) is 44.1 Å². The van der Waals surface area contributed by atoms with Crippen LogP contribution >= 0.6 is 0 Å². The summed E-state index contributed by atoms with van der Waals surface area (Å²) in [5.74, 6) is -1.41. The van der Waals surface area contributed by atoms with Gasteiger partial charge in [0.05, 0.1) is 28.7 Å². The van der Waals surface area contributed by atoms with Crippen molar-refractivity contribution in [3.63, 3.8) is 0 Å². The molecule has 0 unspecified atom stereocenters. The van der Waals surface area contributed by atoms with Crippen molar-refractivity contribution in [1.29, 1.82) is 5.26 Å². The normalized spacial score (nSPS) is 21.1. The van der Waals surface area contributed by atoms with Crippen molar-refractivity contribution in [2.45, 2.75) is 19.0 Å². The van der Waals surface area contributed by atoms with Crippen molar-refractivity contribution in [1.82, 2.24) is 9.88 Å². The van der Waals surface area contributed by atoms with Gasteiger partial charge >= 0.3 is 6.18 Å². The number of carbonyl (C=O) groups excluding carboxylic acids is 2. The van der Waals surface area contributed by atoms with Crippen LogP contribution in [0.1, 0.15) is 34.3 Å². The van der Waals surface area contributed by atoms with E-state index in [2.05, 4.69) is 4.98 Å². The molecule has 0 saturated carbocycles. The Kier molecular flexibility index (Phi) is 6.56. The van der Waals surface area contributed by atoms with Crippen LogP contribution < -0.4 is 16.2 Å². The van der Waals surface area contributed by atoms with E-state index in [9.17, 15) is 27.6 Å². The predicted octanol–water partition coefficient (Wildman–Crippen LogP) is 2.36. The number of aromatic nitrogens is 1. The fraction of sp³-hybridized carbons (Fsp3) is 0.417. The topological polar surface area (TPSA) is 123 Å². The zero-order chi connectivity index (χ0) is 25.3. The SMILES string of the molecule is N#Cc1ccc(N2CCC([C@@H]3CN(C(=O)c4ccc(=O)[nH]c4)C[C@H]3C(N)=O)CC2)cc1C(F)(F)F. The number of alkyl halides is 3. The van der Waals surface area contributed by atoms with Crippen LogP contribution in [0.3, 0.4) is 0 Å². The Balaban J connectivity index is 1.46. The van der Waals surface area contributed by atoms with Gasteiger partial charge in [-0.2, -0.15) is 18.4 Å². The maximum atomic E-state index is 13.3. The van der Waals surface area contributed by atoms with Crippen molar-refractivity contribution >= 4 is 17.5 Å². The Labute approximate surface area is 199 Å². The first-order valence-electron chi connectivity index (χ1n) is 11.2. The largest absolute Gasteiger partial charge is 0.417 e. The number of likely N-dealkylation sites (tertiary alicyclic amines) is 1. The number of pyridine rings is 1. The molecule has 2 atom stereocenters. The van der Waals surface area contributed by atoms with Crippen molar-refractivity contribution in [2.75, 3.05) is 31.1 Å². The Morgan fingerprint density at radius 1 is 1.11 bits per heavy atom. The lowest BCUT2D eigenvalue weighted by Gasteiger charge is -2.37. The third-order valence-electron chi connectivity index (χ3n) is 6.99. The van der Waals surface area contributed by atoms with Crippen molar-refractivity contribution < 1.29 is 22.8 Å². The molecule has 0 radical (unpaired) electrons. The number of nitriles is 1. The Hall–Kier alpha value is -3.81. The van der Waals surface area contributed by atoms with Gasteiger partial charge in [0.25, 0.3) is 5.91 Å². The quantitative estimate of drug-likeness (QED) is 0.685. The number of hydrogen-bond donors (Lipinski definition) is 2. The van der Waals surface area contributed by atoms with Gasteiger partial charge in [0.1, 0.15) is 0 Å². The maximum absolute atomic E-state index is 13.3. The number of hydrogen-bond acceptors (Lipinski definition) is 5. The average molecular weight is 487 g/mol. The van der Waals surface area contributed by atoms with E-state index in [1.807, 2.05) is 4.90 Å². The van der Waals surface area contributed by atoms with Gasteiger partial charge in [-0.3, -0.25) is 14.4 Å². The third-order valence-corrected chi connectivity index (χ3v) is 6.99. The summed E-state index contributed by atoms with van der Waals surface area (Å²) in [5, 5.41) is 9.01. The summed E-state index contributed by atoms with van der Waals surface area (Å²) in [4.78, 5) is 42.2. The molecule has 0 bridgehead atoms. The molecule has 2 aromatic rings. The molecular weight excluding hydrogens is 463 g/mol. The summed E-state index contributed by atoms with van der Waals surface area (Å²) in [6.45, 7) is 1.47. The Morgan fingerprint density at radius 3 is 2.40 bits per heavy atom. The second-order valence-electron chi connectivity index (χ2n) is 8.99. The van der Waals surface area contributed by atoms with E-state index in [4.69, 9.17) is 11.0 Å². The van der Waals surface area contributed by atoms with E-state index in [1.54, 1.807) is 11.0 Å². The lowest BCUT2D eigenvalue weighted by atomic mass is 9.78. The number of benzene rings is 1. The Morgan fingerprint density at radius 2 is 1.83 bits per heavy atom. The molecule has 1 aromatic heterocycles. The van der Waals surface area contributed by atoms with Crippen molar-refractivity contribution in [3.05, 3.63) is 63.6 Å². The van der Waals surface area contributed by atoms with Gasteiger partial charge in [-0.15, -0.1) is 0 Å². The molecular formula is C24H24F3N5O3. The first-order chi connectivity index (χ1) is 16.6. The summed E-state index contributed by atoms with van der Waals surface area (Å²) in [6.07, 6.45) is -2.05. The van der Waals surface area contributed by atoms with Gasteiger partial charge in [-0.1, -0.05) is 0 Å². The predicted molar refractivity (Wildman–Crippen MR) is 120 cm³/mol. The molecule has 1 aromatic carbocycles. The molecule has 184 valence electrons. The molecule has 2 aliphatic heterocycles. The third kappa shape index (κ3) is 5.01. The van der Waals surface area contributed by atoms with Gasteiger partial charge < -0.3 is 20.5 Å². The average Bonchev–Trinajstić information content (AvgIpc) is 3.29. The number of nitrogens with one attached hydrogen (secondary N) is 1. The molecule has 3 heterocycles. The van der Waals surface area contributed by atoms with Gasteiger partial charge in [0.2, 0.25) is 11.5 Å². The van der Waals surface area contributed by atoms with Crippen LogP contribution in [0.25, 0.3) is 0 Å². The summed E-state index contributed by atoms with van der Waals surface area (Å²) in [7, 11) is 0. The number of piperidine rings is 1. The number of nitrogens with zero attached hydrogens (tertiary/aromatic N) is 3. The first-order valence-corrected chi connectivity index (χ1v) is 11.2. The van der Waals surface area contributed by atoms with Crippen LogP contribution in [0.15, 0.2) is 41.3 Å². The standard InChI is InChI=1S/C24H24F3N5O3/c25-24(26,27)20-9-17(3-1-15(20)10-28)31-7-5-14(6-8-31)18-12-32(13-19(18)22(29)34)23(35)16-2-4-21(33)30-11-16/h1-4,9,11,14,18-19H,5-8,12-13H2,(H2,29,34)(H,30,33)/t18-,19+/m0/s1. The number of H-pyrrole nitrogens is 1. The van der Waals surface area contributed by atoms with E-state index in [0.717, 1.165) is 6.07 Å². The minimum atomic E-state index is -4.63. The highest BCUT2D eigenvalue weighted by Crippen LogP contribution is 2.39. The molecule has 2 saturated heterocycles. The number of aromatic amines is 1. The molecule has 2 fully saturated rings. The highest BCUT2D eigenvalue weighted by molar-refractivity contribution is 5.94. The van der Waals surface area contributed by atoms with E-state index in [1.165, 1.54) is 30.5 Å². The van der Waals surface area contributed by atoms with Gasteiger partial charge in [-0.05, 0) is 48.9 Å². The maximum Gasteiger partial charge on any atom is 0.417 e. The fourth-order valence-corrected chi connectivity index (χ4v) is 5.15. The molecule has 2 amide bonds. The molecule has 4 rings (SSSR count). The molecule has 2 aliphatic rings. The Bertz CT molecular complexity index is 1210. The monoisotopic (exact) mass is 487 g/mol. The lowest BCUT2D eigenvalue weighted by Crippen LogP contribution is -2.40. The minimum Gasteiger partial charge on any atom is -0.372 e. The van der Waals surface area contributed by atoms with Crippen molar-refractivity contribution in [2.24, 2.45) is 23.5 Å². The van der Waals surface area contributed by atoms with Gasteiger partial charge in [-0.25, -0.2) is 0 Å². The molecule has 3 N–H and O–H groups in total. The lowest BCUT2D eigenvalue weighted by molar-refractivity contribution is -0.137. The number of halogens is 3. The molecule has 11 heteroatoms. The summed E-state index contributed by atoms with van der Waals surface area (Å²) < 4.78 is 40.0. The van der Waals surface area contributed by atoms with E-state index < -0.39 is 29.1 Å². The smallest absolute Gasteiger partial charge is 0.372 e. The highest BCUT2D eigenvalue weighted by atomic mass is 19.4. The zero-order valence-corrected chi connectivity index (χ0v) is 18.7. The number of nitrogens with two attached hydrogens (primary N) is 1. The number of anilines is 1. The highest BCUT2D eigenvalue weighted by Gasteiger charge is 2.43. The second kappa shape index (κ2) is 9.44. The number of rotatable bonds is 4. The molecule has 35 heavy (non-hydrogen) atoms. The summed E-state index contributed by atoms with van der Waals surface area (Å²) in [6, 6.07) is 7.98. The fourth-order valence-electron chi connectivity index (χ4n) is 5.15. The number of carbonyl (C=O) groups is 2. The van der Waals surface area contributed by atoms with Crippen LogP contribution in [0.5, 0.6) is 0 Å². The molecule has 0 aliphatic carbocycles. The van der Waals surface area contributed by atoms with E-state index in [0.29, 0.717) is 43.7 Å². The van der Waals surface area contributed by atoms with E-state index >= 15 is 0 Å². The summed E-state index contributed by atoms with van der Waals surface area (Å²) in [5.41, 5.74) is 4.65. The zero-order valence-electron chi connectivity index (χ0n) is 18.7. The van der Waals surface area contributed by atoms with Crippen LogP contribution in [-0.4, -0.2) is 47.9 Å². The number of primary amides is 1. The van der Waals surface area contributed by atoms with Crippen LogP contribution in [0.2, 0.25) is 0 Å². The van der Waals surface area contributed by atoms with Crippen LogP contribution in [0.4, 0.5) is 18.9 Å². The second-order valence-corrected chi connectivity index (χ2v) is 8.99. The first kappa shape index (κ1) is 24.3. The van der Waals surface area contributed by atoms with Crippen LogP contribution in [-0.2, 0) is 11.0 Å². The van der Waals surface area contributed by atoms with Gasteiger partial charge in [0.15, 0.2) is 0 Å². The molecule has 0 spiro atoms. The van der Waals surface area contributed by atoms with E-state index in [-0.39, 0.29) is 29.8 Å². The van der Waals surface area contributed by atoms with Crippen molar-refractivity contribution in [3.8, 4) is 6.07 Å².